The van der Waals surface area contributed by atoms with E-state index in [9.17, 15) is 0 Å². The third kappa shape index (κ3) is 6.00. The van der Waals surface area contributed by atoms with Crippen LogP contribution in [0.3, 0.4) is 0 Å². The molecule has 0 unspecified atom stereocenters. The number of thiol groups is 1. The molecule has 0 fully saturated rings. The number of hydrogen-bond donors (Lipinski definition) is 2. The highest BCUT2D eigenvalue weighted by Crippen LogP contribution is 2.23. The second-order valence-electron chi connectivity index (χ2n) is 5.17. The lowest BCUT2D eigenvalue weighted by Crippen LogP contribution is -2.21. The zero-order valence-corrected chi connectivity index (χ0v) is 13.5. The molecule has 2 N–H and O–H groups in total. The molecular weight excluding hydrogens is 294 g/mol. The van der Waals surface area contributed by atoms with E-state index in [2.05, 4.69) is 12.6 Å². The first-order chi connectivity index (χ1) is 10.8. The summed E-state index contributed by atoms with van der Waals surface area (Å²) >= 11 is 4.17. The van der Waals surface area contributed by atoms with Crippen molar-refractivity contribution in [3.05, 3.63) is 54.6 Å². The SMILES string of the molecule is N[C@H](CS)CCCCOc1ccc(Oc2ccccc2)cc1. The van der Waals surface area contributed by atoms with Crippen molar-refractivity contribution < 1.29 is 9.47 Å². The first-order valence-electron chi connectivity index (χ1n) is 7.60. The molecule has 0 spiro atoms. The van der Waals surface area contributed by atoms with E-state index in [4.69, 9.17) is 15.2 Å². The van der Waals surface area contributed by atoms with E-state index < -0.39 is 0 Å². The van der Waals surface area contributed by atoms with Crippen molar-refractivity contribution in [1.82, 2.24) is 0 Å². The fourth-order valence-corrected chi connectivity index (χ4v) is 2.20. The van der Waals surface area contributed by atoms with Gasteiger partial charge in [-0.2, -0.15) is 12.6 Å². The molecule has 0 saturated carbocycles. The van der Waals surface area contributed by atoms with Gasteiger partial charge in [0.25, 0.3) is 0 Å². The summed E-state index contributed by atoms with van der Waals surface area (Å²) in [6.45, 7) is 0.707. The van der Waals surface area contributed by atoms with Gasteiger partial charge in [0.15, 0.2) is 0 Å². The highest BCUT2D eigenvalue weighted by Gasteiger charge is 2.00. The quantitative estimate of drug-likeness (QED) is 0.536. The van der Waals surface area contributed by atoms with E-state index in [1.165, 1.54) is 0 Å². The molecule has 2 rings (SSSR count). The predicted molar refractivity (Wildman–Crippen MR) is 94.1 cm³/mol. The maximum atomic E-state index is 5.82. The van der Waals surface area contributed by atoms with Crippen molar-refractivity contribution in [2.24, 2.45) is 5.73 Å². The Kier molecular flexibility index (Phi) is 7.13. The minimum absolute atomic E-state index is 0.192. The summed E-state index contributed by atoms with van der Waals surface area (Å²) in [5, 5.41) is 0. The van der Waals surface area contributed by atoms with E-state index in [0.29, 0.717) is 6.61 Å². The lowest BCUT2D eigenvalue weighted by molar-refractivity contribution is 0.303. The topological polar surface area (TPSA) is 44.5 Å². The van der Waals surface area contributed by atoms with Gasteiger partial charge in [-0.05, 0) is 55.7 Å². The number of para-hydroxylation sites is 1. The molecule has 118 valence electrons. The van der Waals surface area contributed by atoms with E-state index in [0.717, 1.165) is 42.3 Å². The second kappa shape index (κ2) is 9.38. The first kappa shape index (κ1) is 16.7. The Morgan fingerprint density at radius 3 is 2.18 bits per heavy atom. The Bertz CT molecular complexity index is 531. The minimum Gasteiger partial charge on any atom is -0.494 e. The third-order valence-electron chi connectivity index (χ3n) is 3.28. The van der Waals surface area contributed by atoms with E-state index >= 15 is 0 Å². The van der Waals surface area contributed by atoms with Crippen LogP contribution in [0.2, 0.25) is 0 Å². The standard InChI is InChI=1S/C18H23NO2S/c19-15(14-22)6-4-5-13-20-16-9-11-18(12-10-16)21-17-7-2-1-3-8-17/h1-3,7-12,15,22H,4-6,13-14,19H2/t15-/m0/s1. The summed E-state index contributed by atoms with van der Waals surface area (Å²) in [6.07, 6.45) is 3.07. The Labute approximate surface area is 137 Å². The lowest BCUT2D eigenvalue weighted by atomic mass is 10.1. The number of rotatable bonds is 9. The van der Waals surface area contributed by atoms with Crippen LogP contribution in [0.25, 0.3) is 0 Å². The summed E-state index contributed by atoms with van der Waals surface area (Å²) < 4.78 is 11.4. The van der Waals surface area contributed by atoms with E-state index in [1.807, 2.05) is 54.6 Å². The Morgan fingerprint density at radius 2 is 1.50 bits per heavy atom. The van der Waals surface area contributed by atoms with Crippen molar-refractivity contribution in [2.45, 2.75) is 25.3 Å². The van der Waals surface area contributed by atoms with Gasteiger partial charge >= 0.3 is 0 Å². The van der Waals surface area contributed by atoms with Gasteiger partial charge in [0.05, 0.1) is 6.61 Å². The molecule has 2 aromatic carbocycles. The average Bonchev–Trinajstić information content (AvgIpc) is 2.57. The molecule has 0 amide bonds. The van der Waals surface area contributed by atoms with Crippen molar-refractivity contribution in [2.75, 3.05) is 12.4 Å². The average molecular weight is 317 g/mol. The van der Waals surface area contributed by atoms with Crippen LogP contribution in [0.4, 0.5) is 0 Å². The predicted octanol–water partition coefficient (Wildman–Crippen LogP) is 4.29. The third-order valence-corrected chi connectivity index (χ3v) is 3.74. The van der Waals surface area contributed by atoms with Crippen LogP contribution in [-0.2, 0) is 0 Å². The normalized spacial score (nSPS) is 11.9. The van der Waals surface area contributed by atoms with E-state index in [1.54, 1.807) is 0 Å². The Hall–Kier alpha value is -1.65. The minimum atomic E-state index is 0.192. The highest BCUT2D eigenvalue weighted by molar-refractivity contribution is 7.80. The van der Waals surface area contributed by atoms with Gasteiger partial charge in [-0.15, -0.1) is 0 Å². The number of unbranched alkanes of at least 4 members (excludes halogenated alkanes) is 1. The van der Waals surface area contributed by atoms with Crippen molar-refractivity contribution in [3.8, 4) is 17.2 Å². The maximum absolute atomic E-state index is 5.82. The lowest BCUT2D eigenvalue weighted by Gasteiger charge is -2.10. The molecule has 0 aliphatic carbocycles. The van der Waals surface area contributed by atoms with Gasteiger partial charge in [-0.3, -0.25) is 0 Å². The number of hydrogen-bond acceptors (Lipinski definition) is 4. The van der Waals surface area contributed by atoms with Crippen LogP contribution in [-0.4, -0.2) is 18.4 Å². The van der Waals surface area contributed by atoms with Crippen LogP contribution >= 0.6 is 12.6 Å². The largest absolute Gasteiger partial charge is 0.494 e. The van der Waals surface area contributed by atoms with Crippen LogP contribution in [0.15, 0.2) is 54.6 Å². The van der Waals surface area contributed by atoms with Crippen LogP contribution in [0.1, 0.15) is 19.3 Å². The van der Waals surface area contributed by atoms with Crippen molar-refractivity contribution in [3.63, 3.8) is 0 Å². The zero-order chi connectivity index (χ0) is 15.6. The van der Waals surface area contributed by atoms with Gasteiger partial charge < -0.3 is 15.2 Å². The highest BCUT2D eigenvalue weighted by atomic mass is 32.1. The number of benzene rings is 2. The molecule has 0 bridgehead atoms. The van der Waals surface area contributed by atoms with Crippen molar-refractivity contribution in [1.29, 1.82) is 0 Å². The fraction of sp³-hybridized carbons (Fsp3) is 0.333. The number of ether oxygens (including phenoxy) is 2. The first-order valence-corrected chi connectivity index (χ1v) is 8.23. The molecule has 0 aliphatic heterocycles. The number of nitrogens with two attached hydrogens (primary N) is 1. The van der Waals surface area contributed by atoms with Crippen LogP contribution in [0.5, 0.6) is 17.2 Å². The second-order valence-corrected chi connectivity index (χ2v) is 5.54. The zero-order valence-electron chi connectivity index (χ0n) is 12.7. The molecule has 0 aromatic heterocycles. The van der Waals surface area contributed by atoms with Gasteiger partial charge in [0.2, 0.25) is 0 Å². The summed E-state index contributed by atoms with van der Waals surface area (Å²) in [7, 11) is 0. The van der Waals surface area contributed by atoms with Crippen LogP contribution < -0.4 is 15.2 Å². The molecule has 0 radical (unpaired) electrons. The van der Waals surface area contributed by atoms with Gasteiger partial charge in [0, 0.05) is 11.8 Å². The smallest absolute Gasteiger partial charge is 0.127 e. The Morgan fingerprint density at radius 1 is 0.864 bits per heavy atom. The summed E-state index contributed by atoms with van der Waals surface area (Å²) in [6, 6.07) is 17.6. The van der Waals surface area contributed by atoms with Gasteiger partial charge in [0.1, 0.15) is 17.2 Å². The summed E-state index contributed by atoms with van der Waals surface area (Å²) in [5.41, 5.74) is 5.82. The molecule has 3 nitrogen and oxygen atoms in total. The van der Waals surface area contributed by atoms with Gasteiger partial charge in [-0.25, -0.2) is 0 Å². The van der Waals surface area contributed by atoms with Gasteiger partial charge in [-0.1, -0.05) is 18.2 Å². The molecule has 22 heavy (non-hydrogen) atoms. The molecule has 4 heteroatoms. The monoisotopic (exact) mass is 317 g/mol. The Balaban J connectivity index is 1.70. The fourth-order valence-electron chi connectivity index (χ4n) is 2.02. The molecule has 0 heterocycles. The molecular formula is C18H23NO2S. The molecule has 2 aromatic rings. The van der Waals surface area contributed by atoms with E-state index in [-0.39, 0.29) is 6.04 Å². The van der Waals surface area contributed by atoms with Crippen LogP contribution in [0, 0.1) is 0 Å². The molecule has 0 aliphatic rings. The molecule has 1 atom stereocenters. The summed E-state index contributed by atoms with van der Waals surface area (Å²) in [5.74, 6) is 3.23. The maximum Gasteiger partial charge on any atom is 0.127 e. The molecule has 0 saturated heterocycles. The summed E-state index contributed by atoms with van der Waals surface area (Å²) in [4.78, 5) is 0. The van der Waals surface area contributed by atoms with Crippen molar-refractivity contribution >= 4 is 12.6 Å².